The van der Waals surface area contributed by atoms with E-state index in [4.69, 9.17) is 4.74 Å². The molecular weight excluding hydrogens is 346 g/mol. The highest BCUT2D eigenvalue weighted by molar-refractivity contribution is 5.93. The second-order valence-corrected chi connectivity index (χ2v) is 6.44. The number of carbonyl (C=O) groups is 1. The van der Waals surface area contributed by atoms with Crippen LogP contribution in [0, 0.1) is 0 Å². The van der Waals surface area contributed by atoms with Crippen molar-refractivity contribution < 1.29 is 9.53 Å². The number of anilines is 2. The smallest absolute Gasteiger partial charge is 0.253 e. The van der Waals surface area contributed by atoms with E-state index in [0.717, 1.165) is 25.9 Å². The summed E-state index contributed by atoms with van der Waals surface area (Å²) in [6.07, 6.45) is 3.77. The molecule has 0 bridgehead atoms. The maximum absolute atomic E-state index is 12.4. The van der Waals surface area contributed by atoms with E-state index in [9.17, 15) is 4.79 Å². The van der Waals surface area contributed by atoms with Crippen molar-refractivity contribution in [2.24, 2.45) is 0 Å². The fourth-order valence-electron chi connectivity index (χ4n) is 2.74. The Morgan fingerprint density at radius 1 is 1.22 bits per heavy atom. The topological polar surface area (TPSA) is 96.4 Å². The lowest BCUT2D eigenvalue weighted by Crippen LogP contribution is -2.27. The highest BCUT2D eigenvalue weighted by atomic mass is 16.5. The number of nitrogens with zero attached hydrogens (tertiary/aromatic N) is 6. The standard InChI is InChI=1S/C18H25N7O2/c1-4-27-15-8-7-13(11-19-15)16(26)20-12-14-21-17(24(2)3)23-18(22-14)25-9-5-6-10-25/h7-8,11H,4-6,9-10,12H2,1-3H3,(H,20,26). The third-order valence-corrected chi connectivity index (χ3v) is 4.14. The molecule has 3 rings (SSSR count). The zero-order chi connectivity index (χ0) is 19.2. The molecule has 9 nitrogen and oxygen atoms in total. The summed E-state index contributed by atoms with van der Waals surface area (Å²) in [6.45, 7) is 4.53. The van der Waals surface area contributed by atoms with Crippen molar-refractivity contribution in [3.05, 3.63) is 29.7 Å². The van der Waals surface area contributed by atoms with Gasteiger partial charge in [0.25, 0.3) is 5.91 Å². The van der Waals surface area contributed by atoms with Gasteiger partial charge in [0.05, 0.1) is 18.7 Å². The molecule has 144 valence electrons. The summed E-state index contributed by atoms with van der Waals surface area (Å²) in [6, 6.07) is 3.36. The lowest BCUT2D eigenvalue weighted by Gasteiger charge is -2.18. The van der Waals surface area contributed by atoms with Crippen LogP contribution in [-0.2, 0) is 6.54 Å². The van der Waals surface area contributed by atoms with Gasteiger partial charge in [-0.2, -0.15) is 15.0 Å². The van der Waals surface area contributed by atoms with Crippen molar-refractivity contribution in [2.75, 3.05) is 43.6 Å². The van der Waals surface area contributed by atoms with E-state index in [2.05, 4.69) is 30.2 Å². The maximum atomic E-state index is 12.4. The van der Waals surface area contributed by atoms with E-state index in [1.165, 1.54) is 6.20 Å². The van der Waals surface area contributed by atoms with Gasteiger partial charge in [0.1, 0.15) is 0 Å². The van der Waals surface area contributed by atoms with Crippen molar-refractivity contribution >= 4 is 17.8 Å². The summed E-state index contributed by atoms with van der Waals surface area (Å²) in [4.78, 5) is 33.9. The minimum Gasteiger partial charge on any atom is -0.478 e. The van der Waals surface area contributed by atoms with Crippen LogP contribution < -0.4 is 19.9 Å². The Kier molecular flexibility index (Phi) is 6.00. The molecule has 0 atom stereocenters. The first-order valence-corrected chi connectivity index (χ1v) is 9.11. The van der Waals surface area contributed by atoms with Crippen LogP contribution >= 0.6 is 0 Å². The number of ether oxygens (including phenoxy) is 1. The molecule has 1 saturated heterocycles. The molecule has 1 aliphatic rings. The van der Waals surface area contributed by atoms with E-state index in [-0.39, 0.29) is 12.5 Å². The third-order valence-electron chi connectivity index (χ3n) is 4.14. The quantitative estimate of drug-likeness (QED) is 0.777. The molecule has 2 aromatic rings. The van der Waals surface area contributed by atoms with Crippen molar-refractivity contribution in [2.45, 2.75) is 26.3 Å². The van der Waals surface area contributed by atoms with Crippen LogP contribution in [0.1, 0.15) is 35.9 Å². The number of aromatic nitrogens is 4. The zero-order valence-corrected chi connectivity index (χ0v) is 16.0. The maximum Gasteiger partial charge on any atom is 0.253 e. The molecule has 1 amide bonds. The first-order chi connectivity index (χ1) is 13.1. The number of amides is 1. The lowest BCUT2D eigenvalue weighted by molar-refractivity contribution is 0.0949. The van der Waals surface area contributed by atoms with Gasteiger partial charge in [-0.05, 0) is 25.8 Å². The second-order valence-electron chi connectivity index (χ2n) is 6.44. The largest absolute Gasteiger partial charge is 0.478 e. The van der Waals surface area contributed by atoms with Crippen LogP contribution in [0.2, 0.25) is 0 Å². The number of hydrogen-bond donors (Lipinski definition) is 1. The predicted molar refractivity (Wildman–Crippen MR) is 102 cm³/mol. The van der Waals surface area contributed by atoms with Gasteiger partial charge in [-0.15, -0.1) is 0 Å². The van der Waals surface area contributed by atoms with Crippen molar-refractivity contribution in [3.8, 4) is 5.88 Å². The number of carbonyl (C=O) groups excluding carboxylic acids is 1. The van der Waals surface area contributed by atoms with Gasteiger partial charge >= 0.3 is 0 Å². The normalized spacial score (nSPS) is 13.5. The molecule has 0 radical (unpaired) electrons. The molecule has 0 unspecified atom stereocenters. The Hall–Kier alpha value is -2.97. The zero-order valence-electron chi connectivity index (χ0n) is 16.0. The van der Waals surface area contributed by atoms with E-state index in [0.29, 0.717) is 35.8 Å². The fourth-order valence-corrected chi connectivity index (χ4v) is 2.74. The number of rotatable bonds is 7. The molecule has 9 heteroatoms. The highest BCUT2D eigenvalue weighted by Crippen LogP contribution is 2.18. The van der Waals surface area contributed by atoms with Gasteiger partial charge in [-0.3, -0.25) is 4.79 Å². The molecule has 1 fully saturated rings. The highest BCUT2D eigenvalue weighted by Gasteiger charge is 2.18. The Morgan fingerprint density at radius 2 is 2.00 bits per heavy atom. The van der Waals surface area contributed by atoms with Crippen LogP contribution in [0.3, 0.4) is 0 Å². The molecule has 1 aliphatic heterocycles. The first kappa shape index (κ1) is 18.8. The Labute approximate surface area is 158 Å². The summed E-state index contributed by atoms with van der Waals surface area (Å²) in [5, 5.41) is 2.84. The van der Waals surface area contributed by atoms with Crippen LogP contribution in [0.5, 0.6) is 5.88 Å². The van der Waals surface area contributed by atoms with Gasteiger partial charge < -0.3 is 19.9 Å². The molecule has 0 spiro atoms. The first-order valence-electron chi connectivity index (χ1n) is 9.11. The fraction of sp³-hybridized carbons (Fsp3) is 0.500. The van der Waals surface area contributed by atoms with Gasteiger partial charge in [-0.1, -0.05) is 0 Å². The van der Waals surface area contributed by atoms with Gasteiger partial charge in [0.15, 0.2) is 5.82 Å². The van der Waals surface area contributed by atoms with Crippen LogP contribution in [0.4, 0.5) is 11.9 Å². The number of hydrogen-bond acceptors (Lipinski definition) is 8. The van der Waals surface area contributed by atoms with Gasteiger partial charge in [-0.25, -0.2) is 4.98 Å². The van der Waals surface area contributed by atoms with Crippen molar-refractivity contribution in [1.29, 1.82) is 0 Å². The molecule has 1 N–H and O–H groups in total. The van der Waals surface area contributed by atoms with Crippen molar-refractivity contribution in [3.63, 3.8) is 0 Å². The Bertz CT molecular complexity index is 774. The second kappa shape index (κ2) is 8.61. The molecule has 0 aromatic carbocycles. The van der Waals surface area contributed by atoms with E-state index in [1.807, 2.05) is 25.9 Å². The summed E-state index contributed by atoms with van der Waals surface area (Å²) in [5.74, 6) is 2.04. The Morgan fingerprint density at radius 3 is 2.63 bits per heavy atom. The summed E-state index contributed by atoms with van der Waals surface area (Å²) in [5.41, 5.74) is 0.458. The third kappa shape index (κ3) is 4.81. The summed E-state index contributed by atoms with van der Waals surface area (Å²) >= 11 is 0. The van der Waals surface area contributed by atoms with Crippen LogP contribution in [0.15, 0.2) is 18.3 Å². The lowest BCUT2D eigenvalue weighted by atomic mass is 10.2. The summed E-state index contributed by atoms with van der Waals surface area (Å²) in [7, 11) is 3.77. The average molecular weight is 371 g/mol. The minimum absolute atomic E-state index is 0.218. The number of pyridine rings is 1. The van der Waals surface area contributed by atoms with E-state index in [1.54, 1.807) is 12.1 Å². The van der Waals surface area contributed by atoms with Crippen LogP contribution in [-0.4, -0.2) is 59.6 Å². The molecule has 0 saturated carbocycles. The molecule has 3 heterocycles. The molecular formula is C18H25N7O2. The predicted octanol–water partition coefficient (Wildman–Crippen LogP) is 1.26. The van der Waals surface area contributed by atoms with E-state index >= 15 is 0 Å². The Balaban J connectivity index is 1.69. The van der Waals surface area contributed by atoms with Gasteiger partial charge in [0, 0.05) is 39.4 Å². The number of nitrogens with one attached hydrogen (secondary N) is 1. The SMILES string of the molecule is CCOc1ccc(C(=O)NCc2nc(N(C)C)nc(N3CCCC3)n2)cn1. The van der Waals surface area contributed by atoms with Crippen LogP contribution in [0.25, 0.3) is 0 Å². The monoisotopic (exact) mass is 371 g/mol. The van der Waals surface area contributed by atoms with Crippen molar-refractivity contribution in [1.82, 2.24) is 25.3 Å². The van der Waals surface area contributed by atoms with E-state index < -0.39 is 0 Å². The molecule has 0 aliphatic carbocycles. The molecule has 27 heavy (non-hydrogen) atoms. The summed E-state index contributed by atoms with van der Waals surface area (Å²) < 4.78 is 5.29. The minimum atomic E-state index is -0.236. The molecule has 2 aromatic heterocycles. The van der Waals surface area contributed by atoms with Gasteiger partial charge in [0.2, 0.25) is 17.8 Å². The average Bonchev–Trinajstić information content (AvgIpc) is 3.21.